The zero-order valence-corrected chi connectivity index (χ0v) is 10.8. The molecule has 2 aromatic rings. The van der Waals surface area contributed by atoms with E-state index in [2.05, 4.69) is 15.3 Å². The lowest BCUT2D eigenvalue weighted by Gasteiger charge is -2.04. The van der Waals surface area contributed by atoms with Gasteiger partial charge in [-0.1, -0.05) is 0 Å². The van der Waals surface area contributed by atoms with E-state index in [4.69, 9.17) is 5.14 Å². The monoisotopic (exact) mass is 272 g/mol. The van der Waals surface area contributed by atoms with Gasteiger partial charge in [-0.3, -0.25) is 0 Å². The molecule has 0 spiro atoms. The highest BCUT2D eigenvalue weighted by molar-refractivity contribution is 7.89. The molecule has 0 atom stereocenters. The molecule has 0 unspecified atom stereocenters. The molecule has 0 aromatic carbocycles. The standard InChI is InChI=1S/C9H12N4O2S2/c1-6-4-16-8-7(6)12-5-13-9(8)11-2-3-17(10,14)15/h4-5H,2-3H2,1H3,(H2,10,14,15)(H,11,12,13). The van der Waals surface area contributed by atoms with Gasteiger partial charge in [0.1, 0.15) is 12.1 Å². The van der Waals surface area contributed by atoms with Crippen molar-refractivity contribution in [2.75, 3.05) is 17.6 Å². The number of thiophene rings is 1. The van der Waals surface area contributed by atoms with Gasteiger partial charge >= 0.3 is 0 Å². The average Bonchev–Trinajstić information content (AvgIpc) is 2.60. The largest absolute Gasteiger partial charge is 0.368 e. The Morgan fingerprint density at radius 3 is 2.94 bits per heavy atom. The Kier molecular flexibility index (Phi) is 3.27. The van der Waals surface area contributed by atoms with Crippen molar-refractivity contribution in [3.05, 3.63) is 17.3 Å². The summed E-state index contributed by atoms with van der Waals surface area (Å²) in [7, 11) is -3.44. The highest BCUT2D eigenvalue weighted by Gasteiger charge is 2.08. The summed E-state index contributed by atoms with van der Waals surface area (Å²) in [5.74, 6) is 0.528. The van der Waals surface area contributed by atoms with E-state index in [0.717, 1.165) is 15.8 Å². The molecule has 0 saturated carbocycles. The molecular formula is C9H12N4O2S2. The number of sulfonamides is 1. The van der Waals surface area contributed by atoms with Gasteiger partial charge in [0.15, 0.2) is 0 Å². The lowest BCUT2D eigenvalue weighted by molar-refractivity contribution is 0.598. The Morgan fingerprint density at radius 1 is 1.47 bits per heavy atom. The van der Waals surface area contributed by atoms with Gasteiger partial charge < -0.3 is 5.32 Å². The smallest absolute Gasteiger partial charge is 0.210 e. The summed E-state index contributed by atoms with van der Waals surface area (Å²) in [5.41, 5.74) is 1.98. The number of nitrogens with zero attached hydrogens (tertiary/aromatic N) is 2. The number of primary sulfonamides is 1. The third kappa shape index (κ3) is 2.90. The Balaban J connectivity index is 2.19. The summed E-state index contributed by atoms with van der Waals surface area (Å²) < 4.78 is 22.5. The molecule has 2 aromatic heterocycles. The maximum atomic E-state index is 10.8. The molecule has 0 saturated heterocycles. The second-order valence-corrected chi connectivity index (χ2v) is 6.23. The average molecular weight is 272 g/mol. The molecule has 3 N–H and O–H groups in total. The van der Waals surface area contributed by atoms with E-state index in [1.807, 2.05) is 12.3 Å². The zero-order chi connectivity index (χ0) is 12.5. The molecule has 8 heteroatoms. The van der Waals surface area contributed by atoms with Crippen molar-refractivity contribution in [2.45, 2.75) is 6.92 Å². The summed E-state index contributed by atoms with van der Waals surface area (Å²) in [6.45, 7) is 2.21. The van der Waals surface area contributed by atoms with Crippen LogP contribution in [0.1, 0.15) is 5.56 Å². The first kappa shape index (κ1) is 12.2. The minimum absolute atomic E-state index is 0.122. The molecule has 0 aliphatic carbocycles. The topological polar surface area (TPSA) is 98.0 Å². The van der Waals surface area contributed by atoms with Crippen LogP contribution in [0.25, 0.3) is 10.2 Å². The molecular weight excluding hydrogens is 260 g/mol. The lowest BCUT2D eigenvalue weighted by atomic mass is 10.3. The van der Waals surface area contributed by atoms with Crippen LogP contribution in [0.5, 0.6) is 0 Å². The fourth-order valence-electron chi connectivity index (χ4n) is 1.41. The van der Waals surface area contributed by atoms with Crippen LogP contribution >= 0.6 is 11.3 Å². The van der Waals surface area contributed by atoms with Gasteiger partial charge in [0.2, 0.25) is 10.0 Å². The number of nitrogens with two attached hydrogens (primary N) is 1. The van der Waals surface area contributed by atoms with E-state index in [0.29, 0.717) is 5.82 Å². The molecule has 0 amide bonds. The number of fused-ring (bicyclic) bond motifs is 1. The number of aryl methyl sites for hydroxylation is 1. The van der Waals surface area contributed by atoms with Crippen LogP contribution in [0, 0.1) is 6.92 Å². The van der Waals surface area contributed by atoms with Crippen LogP contribution in [0.3, 0.4) is 0 Å². The Bertz CT molecular complexity index is 635. The lowest BCUT2D eigenvalue weighted by Crippen LogP contribution is -2.22. The van der Waals surface area contributed by atoms with Crippen LogP contribution in [-0.4, -0.2) is 30.7 Å². The first-order valence-corrected chi connectivity index (χ1v) is 7.50. The number of rotatable bonds is 4. The summed E-state index contributed by atoms with van der Waals surface area (Å²) in [6, 6.07) is 0. The Hall–Kier alpha value is -1.25. The molecule has 17 heavy (non-hydrogen) atoms. The molecule has 0 fully saturated rings. The van der Waals surface area contributed by atoms with Crippen molar-refractivity contribution >= 4 is 37.4 Å². The number of aromatic nitrogens is 2. The van der Waals surface area contributed by atoms with Crippen LogP contribution < -0.4 is 10.5 Å². The van der Waals surface area contributed by atoms with Crippen molar-refractivity contribution in [3.63, 3.8) is 0 Å². The van der Waals surface area contributed by atoms with E-state index >= 15 is 0 Å². The van der Waals surface area contributed by atoms with Crippen molar-refractivity contribution in [3.8, 4) is 0 Å². The molecule has 0 aliphatic rings. The van der Waals surface area contributed by atoms with Gasteiger partial charge in [-0.15, -0.1) is 11.3 Å². The molecule has 2 rings (SSSR count). The summed E-state index contributed by atoms with van der Waals surface area (Å²) in [6.07, 6.45) is 1.46. The first-order valence-electron chi connectivity index (χ1n) is 4.90. The summed E-state index contributed by atoms with van der Waals surface area (Å²) in [4.78, 5) is 8.27. The third-order valence-corrected chi connectivity index (χ3v) is 4.08. The van der Waals surface area contributed by atoms with Crippen LogP contribution in [0.4, 0.5) is 5.82 Å². The zero-order valence-electron chi connectivity index (χ0n) is 9.17. The normalized spacial score (nSPS) is 11.9. The second kappa shape index (κ2) is 4.55. The van der Waals surface area contributed by atoms with Crippen LogP contribution in [0.15, 0.2) is 11.7 Å². The summed E-state index contributed by atoms with van der Waals surface area (Å²) >= 11 is 1.53. The molecule has 0 aliphatic heterocycles. The number of hydrogen-bond donors (Lipinski definition) is 2. The van der Waals surface area contributed by atoms with E-state index in [1.54, 1.807) is 0 Å². The first-order chi connectivity index (χ1) is 7.97. The van der Waals surface area contributed by atoms with Crippen LogP contribution in [0.2, 0.25) is 0 Å². The Morgan fingerprint density at radius 2 is 2.24 bits per heavy atom. The number of nitrogens with one attached hydrogen (secondary N) is 1. The van der Waals surface area contributed by atoms with Gasteiger partial charge in [0.25, 0.3) is 0 Å². The maximum Gasteiger partial charge on any atom is 0.210 e. The third-order valence-electron chi connectivity index (χ3n) is 2.21. The van der Waals surface area contributed by atoms with E-state index in [9.17, 15) is 8.42 Å². The minimum atomic E-state index is -3.44. The van der Waals surface area contributed by atoms with Crippen LogP contribution in [-0.2, 0) is 10.0 Å². The van der Waals surface area contributed by atoms with Crippen molar-refractivity contribution in [1.29, 1.82) is 0 Å². The predicted molar refractivity (Wildman–Crippen MR) is 68.6 cm³/mol. The van der Waals surface area contributed by atoms with Crippen molar-refractivity contribution < 1.29 is 8.42 Å². The molecule has 0 bridgehead atoms. The highest BCUT2D eigenvalue weighted by atomic mass is 32.2. The van der Waals surface area contributed by atoms with Gasteiger partial charge in [0, 0.05) is 6.54 Å². The molecule has 6 nitrogen and oxygen atoms in total. The molecule has 0 radical (unpaired) electrons. The van der Waals surface area contributed by atoms with Crippen molar-refractivity contribution in [2.24, 2.45) is 5.14 Å². The SMILES string of the molecule is Cc1csc2c(NCCS(N)(=O)=O)ncnc12. The van der Waals surface area contributed by atoms with E-state index in [-0.39, 0.29) is 12.3 Å². The number of anilines is 1. The summed E-state index contributed by atoms with van der Waals surface area (Å²) in [5, 5.41) is 9.87. The van der Waals surface area contributed by atoms with Gasteiger partial charge in [0.05, 0.1) is 16.0 Å². The molecule has 92 valence electrons. The van der Waals surface area contributed by atoms with Gasteiger partial charge in [-0.25, -0.2) is 23.5 Å². The van der Waals surface area contributed by atoms with E-state index in [1.165, 1.54) is 17.7 Å². The minimum Gasteiger partial charge on any atom is -0.368 e. The van der Waals surface area contributed by atoms with Gasteiger partial charge in [-0.2, -0.15) is 0 Å². The number of hydrogen-bond acceptors (Lipinski definition) is 6. The fraction of sp³-hybridized carbons (Fsp3) is 0.333. The Labute approximate surface area is 103 Å². The molecule has 2 heterocycles. The quantitative estimate of drug-likeness (QED) is 0.853. The predicted octanol–water partition coefficient (Wildman–Crippen LogP) is 0.700. The van der Waals surface area contributed by atoms with E-state index < -0.39 is 10.0 Å². The second-order valence-electron chi connectivity index (χ2n) is 3.61. The van der Waals surface area contributed by atoms with Gasteiger partial charge in [-0.05, 0) is 17.9 Å². The van der Waals surface area contributed by atoms with Crippen molar-refractivity contribution in [1.82, 2.24) is 9.97 Å². The fourth-order valence-corrected chi connectivity index (χ4v) is 2.76. The highest BCUT2D eigenvalue weighted by Crippen LogP contribution is 2.28. The maximum absolute atomic E-state index is 10.8.